The molecular formula is C11H6F3IN2O2. The van der Waals surface area contributed by atoms with Crippen molar-refractivity contribution in [2.24, 2.45) is 0 Å². The molecule has 1 N–H and O–H groups in total. The third kappa shape index (κ3) is 2.88. The molecule has 0 bridgehead atoms. The number of hydrogen-bond donors (Lipinski definition) is 1. The van der Waals surface area contributed by atoms with Crippen LogP contribution in [0.5, 0.6) is 0 Å². The molecule has 0 saturated heterocycles. The second kappa shape index (κ2) is 4.83. The van der Waals surface area contributed by atoms with E-state index in [0.29, 0.717) is 0 Å². The summed E-state index contributed by atoms with van der Waals surface area (Å²) in [5.41, 5.74) is -1.82. The molecule has 0 aliphatic rings. The van der Waals surface area contributed by atoms with Gasteiger partial charge in [0.1, 0.15) is 0 Å². The molecule has 0 aliphatic heterocycles. The number of aromatic nitrogens is 2. The number of benzene rings is 1. The summed E-state index contributed by atoms with van der Waals surface area (Å²) >= 11 is 1.97. The number of halogens is 4. The van der Waals surface area contributed by atoms with Gasteiger partial charge in [-0.15, -0.1) is 0 Å². The van der Waals surface area contributed by atoms with Crippen LogP contribution in [0.4, 0.5) is 13.2 Å². The lowest BCUT2D eigenvalue weighted by Crippen LogP contribution is -2.13. The first kappa shape index (κ1) is 13.8. The molecule has 19 heavy (non-hydrogen) atoms. The van der Waals surface area contributed by atoms with Crippen molar-refractivity contribution in [1.82, 2.24) is 9.78 Å². The van der Waals surface area contributed by atoms with Crippen LogP contribution >= 0.6 is 22.6 Å². The Labute approximate surface area is 119 Å². The Hall–Kier alpha value is -1.58. The summed E-state index contributed by atoms with van der Waals surface area (Å²) in [6, 6.07) is 2.98. The van der Waals surface area contributed by atoms with E-state index in [2.05, 4.69) is 5.10 Å². The molecule has 1 aromatic heterocycles. The van der Waals surface area contributed by atoms with E-state index in [-0.39, 0.29) is 5.69 Å². The van der Waals surface area contributed by atoms with Crippen molar-refractivity contribution in [2.45, 2.75) is 6.18 Å². The molecule has 0 fully saturated rings. The van der Waals surface area contributed by atoms with E-state index < -0.39 is 23.3 Å². The molecule has 1 heterocycles. The second-order valence-electron chi connectivity index (χ2n) is 3.64. The fourth-order valence-electron chi connectivity index (χ4n) is 1.54. The third-order valence-electron chi connectivity index (χ3n) is 2.35. The minimum Gasteiger partial charge on any atom is -0.478 e. The van der Waals surface area contributed by atoms with E-state index in [1.54, 1.807) is 0 Å². The topological polar surface area (TPSA) is 55.1 Å². The monoisotopic (exact) mass is 382 g/mol. The van der Waals surface area contributed by atoms with Gasteiger partial charge < -0.3 is 5.11 Å². The molecular weight excluding hydrogens is 376 g/mol. The van der Waals surface area contributed by atoms with Gasteiger partial charge in [0, 0.05) is 6.20 Å². The maximum Gasteiger partial charge on any atom is 0.417 e. The highest BCUT2D eigenvalue weighted by atomic mass is 127. The molecule has 8 heteroatoms. The zero-order valence-corrected chi connectivity index (χ0v) is 11.3. The average Bonchev–Trinajstić information content (AvgIpc) is 2.74. The second-order valence-corrected chi connectivity index (χ2v) is 4.88. The maximum atomic E-state index is 12.8. The van der Waals surface area contributed by atoms with E-state index >= 15 is 0 Å². The maximum absolute atomic E-state index is 12.8. The van der Waals surface area contributed by atoms with E-state index in [9.17, 15) is 18.0 Å². The zero-order chi connectivity index (χ0) is 14.2. The van der Waals surface area contributed by atoms with Gasteiger partial charge in [-0.05, 0) is 40.8 Å². The van der Waals surface area contributed by atoms with E-state index in [1.165, 1.54) is 23.1 Å². The fraction of sp³-hybridized carbons (Fsp3) is 0.0909. The molecule has 0 radical (unpaired) electrons. The molecule has 1 aromatic carbocycles. The molecule has 100 valence electrons. The summed E-state index contributed by atoms with van der Waals surface area (Å²) in [5, 5.41) is 12.6. The molecule has 0 unspecified atom stereocenters. The Morgan fingerprint density at radius 1 is 1.37 bits per heavy atom. The first-order valence-corrected chi connectivity index (χ1v) is 6.02. The molecule has 2 rings (SSSR count). The Kier molecular flexibility index (Phi) is 3.52. The predicted molar refractivity (Wildman–Crippen MR) is 68.2 cm³/mol. The molecule has 2 aromatic rings. The Morgan fingerprint density at radius 3 is 2.53 bits per heavy atom. The summed E-state index contributed by atoms with van der Waals surface area (Å²) < 4.78 is 40.5. The van der Waals surface area contributed by atoms with Crippen LogP contribution in [0.2, 0.25) is 0 Å². The van der Waals surface area contributed by atoms with Crippen molar-refractivity contribution < 1.29 is 23.1 Å². The van der Waals surface area contributed by atoms with Gasteiger partial charge in [0.2, 0.25) is 0 Å². The van der Waals surface area contributed by atoms with Gasteiger partial charge in [0.05, 0.1) is 26.6 Å². The lowest BCUT2D eigenvalue weighted by molar-refractivity contribution is -0.138. The molecule has 0 spiro atoms. The Bertz CT molecular complexity index is 637. The molecule has 0 amide bonds. The van der Waals surface area contributed by atoms with Gasteiger partial charge in [-0.25, -0.2) is 9.48 Å². The number of carboxylic acids is 1. The van der Waals surface area contributed by atoms with Gasteiger partial charge in [-0.2, -0.15) is 18.3 Å². The zero-order valence-electron chi connectivity index (χ0n) is 9.15. The van der Waals surface area contributed by atoms with Crippen LogP contribution in [-0.2, 0) is 6.18 Å². The Morgan fingerprint density at radius 2 is 2.05 bits per heavy atom. The summed E-state index contributed by atoms with van der Waals surface area (Å²) in [4.78, 5) is 10.8. The minimum absolute atomic E-state index is 0.153. The van der Waals surface area contributed by atoms with Crippen LogP contribution in [-0.4, -0.2) is 20.9 Å². The number of aromatic carboxylic acids is 1. The first-order chi connectivity index (χ1) is 8.79. The van der Waals surface area contributed by atoms with Crippen LogP contribution in [0.3, 0.4) is 0 Å². The number of rotatable bonds is 2. The summed E-state index contributed by atoms with van der Waals surface area (Å²) in [5.74, 6) is -1.62. The van der Waals surface area contributed by atoms with Crippen molar-refractivity contribution in [1.29, 1.82) is 0 Å². The standard InChI is InChI=1S/C11H6F3IN2O2/c12-11(13,14)9-3-7(1-2-8(9)10(18)19)17-5-6(15)4-16-17/h1-5H,(H,18,19). The smallest absolute Gasteiger partial charge is 0.417 e. The highest BCUT2D eigenvalue weighted by Crippen LogP contribution is 2.33. The Balaban J connectivity index is 2.59. The van der Waals surface area contributed by atoms with E-state index in [4.69, 9.17) is 5.11 Å². The van der Waals surface area contributed by atoms with Gasteiger partial charge in [0.25, 0.3) is 0 Å². The van der Waals surface area contributed by atoms with Crippen molar-refractivity contribution in [3.8, 4) is 5.69 Å². The summed E-state index contributed by atoms with van der Waals surface area (Å²) in [6.45, 7) is 0. The van der Waals surface area contributed by atoms with E-state index in [1.807, 2.05) is 22.6 Å². The van der Waals surface area contributed by atoms with Crippen LogP contribution in [0.1, 0.15) is 15.9 Å². The normalized spacial score (nSPS) is 11.6. The number of alkyl halides is 3. The van der Waals surface area contributed by atoms with Crippen LogP contribution < -0.4 is 0 Å². The first-order valence-electron chi connectivity index (χ1n) is 4.94. The quantitative estimate of drug-likeness (QED) is 0.812. The molecule has 0 aliphatic carbocycles. The van der Waals surface area contributed by atoms with Crippen molar-refractivity contribution in [3.05, 3.63) is 45.3 Å². The largest absolute Gasteiger partial charge is 0.478 e. The predicted octanol–water partition coefficient (Wildman–Crippen LogP) is 3.19. The number of nitrogens with zero attached hydrogens (tertiary/aromatic N) is 2. The van der Waals surface area contributed by atoms with Gasteiger partial charge in [-0.1, -0.05) is 0 Å². The number of carbonyl (C=O) groups is 1. The molecule has 4 nitrogen and oxygen atoms in total. The number of hydrogen-bond acceptors (Lipinski definition) is 2. The third-order valence-corrected chi connectivity index (χ3v) is 2.91. The van der Waals surface area contributed by atoms with Crippen molar-refractivity contribution >= 4 is 28.6 Å². The lowest BCUT2D eigenvalue weighted by Gasteiger charge is -2.12. The van der Waals surface area contributed by atoms with Crippen LogP contribution in [0, 0.1) is 3.57 Å². The fourth-order valence-corrected chi connectivity index (χ4v) is 1.93. The molecule has 0 atom stereocenters. The minimum atomic E-state index is -4.73. The average molecular weight is 382 g/mol. The SMILES string of the molecule is O=C(O)c1ccc(-n2cc(I)cn2)cc1C(F)(F)F. The van der Waals surface area contributed by atoms with Crippen LogP contribution in [0.15, 0.2) is 30.6 Å². The molecule has 0 saturated carbocycles. The highest BCUT2D eigenvalue weighted by Gasteiger charge is 2.35. The van der Waals surface area contributed by atoms with Crippen LogP contribution in [0.25, 0.3) is 5.69 Å². The lowest BCUT2D eigenvalue weighted by atomic mass is 10.1. The summed E-state index contributed by atoms with van der Waals surface area (Å²) in [7, 11) is 0. The van der Waals surface area contributed by atoms with Crippen molar-refractivity contribution in [2.75, 3.05) is 0 Å². The van der Waals surface area contributed by atoms with Gasteiger partial charge in [0.15, 0.2) is 0 Å². The van der Waals surface area contributed by atoms with Crippen molar-refractivity contribution in [3.63, 3.8) is 0 Å². The van der Waals surface area contributed by atoms with E-state index in [0.717, 1.165) is 15.7 Å². The van der Waals surface area contributed by atoms with Gasteiger partial charge in [-0.3, -0.25) is 0 Å². The summed E-state index contributed by atoms with van der Waals surface area (Å²) in [6.07, 6.45) is -1.71. The number of carboxylic acid groups (broad SMARTS) is 1. The van der Waals surface area contributed by atoms with Gasteiger partial charge >= 0.3 is 12.1 Å². The highest BCUT2D eigenvalue weighted by molar-refractivity contribution is 14.1.